The first-order valence-electron chi connectivity index (χ1n) is 4.24. The summed E-state index contributed by atoms with van der Waals surface area (Å²) in [5, 5.41) is 2.26. The number of benzene rings is 1. The Bertz CT molecular complexity index is 480. The first-order valence-corrected chi connectivity index (χ1v) is 5.00. The molecule has 14 heavy (non-hydrogen) atoms. The number of aromatic nitrogens is 1. The molecule has 3 heteroatoms. The Morgan fingerprint density at radius 3 is 2.79 bits per heavy atom. The van der Waals surface area contributed by atoms with E-state index < -0.39 is 0 Å². The molecule has 1 radical (unpaired) electrons. The van der Waals surface area contributed by atoms with Gasteiger partial charge in [0.05, 0.1) is 10.5 Å². The highest BCUT2D eigenvalue weighted by Gasteiger charge is 2.05. The largest absolute Gasteiger partial charge is 0.256 e. The van der Waals surface area contributed by atoms with Gasteiger partial charge in [-0.3, -0.25) is 4.98 Å². The molecule has 1 aromatic carbocycles. The molecule has 0 aliphatic carbocycles. The smallest absolute Gasteiger partial charge is 0.0718 e. The zero-order valence-corrected chi connectivity index (χ0v) is 8.94. The van der Waals surface area contributed by atoms with Crippen LogP contribution < -0.4 is 0 Å². The molecule has 1 nitrogen and oxygen atoms in total. The summed E-state index contributed by atoms with van der Waals surface area (Å²) in [6.45, 7) is 3.79. The standard InChI is InChI=1S/C11H8Cl2N/c1-2-7-6-14-10-4-3-8(12)5-9(10)11(7)13/h3-6H,1-2H2. The normalized spacial score (nSPS) is 10.8. The van der Waals surface area contributed by atoms with Crippen LogP contribution in [0.3, 0.4) is 0 Å². The summed E-state index contributed by atoms with van der Waals surface area (Å²) in [4.78, 5) is 4.27. The van der Waals surface area contributed by atoms with Gasteiger partial charge in [-0.25, -0.2) is 0 Å². The molecule has 0 N–H and O–H groups in total. The van der Waals surface area contributed by atoms with Gasteiger partial charge in [-0.15, -0.1) is 0 Å². The average Bonchev–Trinajstić information content (AvgIpc) is 2.20. The maximum Gasteiger partial charge on any atom is 0.0718 e. The van der Waals surface area contributed by atoms with E-state index in [1.165, 1.54) is 0 Å². The van der Waals surface area contributed by atoms with E-state index >= 15 is 0 Å². The van der Waals surface area contributed by atoms with Crippen molar-refractivity contribution in [1.82, 2.24) is 4.98 Å². The number of halogens is 2. The summed E-state index contributed by atoms with van der Waals surface area (Å²) in [5.41, 5.74) is 1.80. The van der Waals surface area contributed by atoms with Crippen molar-refractivity contribution in [3.8, 4) is 0 Å². The molecule has 0 fully saturated rings. The van der Waals surface area contributed by atoms with Gasteiger partial charge in [-0.05, 0) is 37.1 Å². The Morgan fingerprint density at radius 1 is 1.29 bits per heavy atom. The minimum Gasteiger partial charge on any atom is -0.256 e. The molecule has 2 rings (SSSR count). The maximum atomic E-state index is 6.18. The zero-order valence-electron chi connectivity index (χ0n) is 7.43. The molecule has 71 valence electrons. The van der Waals surface area contributed by atoms with Crippen molar-refractivity contribution in [2.45, 2.75) is 6.42 Å². The lowest BCUT2D eigenvalue weighted by atomic mass is 10.1. The van der Waals surface area contributed by atoms with Crippen molar-refractivity contribution in [2.75, 3.05) is 0 Å². The summed E-state index contributed by atoms with van der Waals surface area (Å²) in [6, 6.07) is 5.49. The second kappa shape index (κ2) is 3.76. The molecular weight excluding hydrogens is 217 g/mol. The second-order valence-corrected chi connectivity index (χ2v) is 3.82. The minimum atomic E-state index is 0.633. The second-order valence-electron chi connectivity index (χ2n) is 3.01. The Balaban J connectivity index is 2.79. The highest BCUT2D eigenvalue weighted by Crippen LogP contribution is 2.27. The number of hydrogen-bond acceptors (Lipinski definition) is 1. The maximum absolute atomic E-state index is 6.18. The monoisotopic (exact) mass is 224 g/mol. The van der Waals surface area contributed by atoms with E-state index in [1.54, 1.807) is 12.3 Å². The fourth-order valence-electron chi connectivity index (χ4n) is 1.35. The third kappa shape index (κ3) is 1.58. The summed E-state index contributed by atoms with van der Waals surface area (Å²) in [6.07, 6.45) is 2.39. The van der Waals surface area contributed by atoms with Gasteiger partial charge in [0.25, 0.3) is 0 Å². The van der Waals surface area contributed by atoms with Crippen LogP contribution in [0.5, 0.6) is 0 Å². The van der Waals surface area contributed by atoms with Gasteiger partial charge in [-0.2, -0.15) is 0 Å². The first-order chi connectivity index (χ1) is 6.72. The van der Waals surface area contributed by atoms with E-state index in [2.05, 4.69) is 11.9 Å². The summed E-state index contributed by atoms with van der Waals surface area (Å²) in [7, 11) is 0. The molecule has 0 spiro atoms. The molecule has 1 aromatic heterocycles. The summed E-state index contributed by atoms with van der Waals surface area (Å²) >= 11 is 12.1. The van der Waals surface area contributed by atoms with Gasteiger partial charge >= 0.3 is 0 Å². The predicted octanol–water partition coefficient (Wildman–Crippen LogP) is 3.92. The SMILES string of the molecule is [CH2]Cc1cnc2ccc(Cl)cc2c1Cl. The zero-order chi connectivity index (χ0) is 10.1. The summed E-state index contributed by atoms with van der Waals surface area (Å²) < 4.78 is 0. The van der Waals surface area contributed by atoms with Crippen LogP contribution in [-0.4, -0.2) is 4.98 Å². The highest BCUT2D eigenvalue weighted by molar-refractivity contribution is 6.37. The van der Waals surface area contributed by atoms with Crippen LogP contribution in [0, 0.1) is 6.92 Å². The van der Waals surface area contributed by atoms with Crippen molar-refractivity contribution < 1.29 is 0 Å². The molecular formula is C11H8Cl2N. The summed E-state index contributed by atoms with van der Waals surface area (Å²) in [5.74, 6) is 0. The number of hydrogen-bond donors (Lipinski definition) is 0. The van der Waals surface area contributed by atoms with E-state index in [4.69, 9.17) is 23.2 Å². The van der Waals surface area contributed by atoms with Crippen LogP contribution in [0.4, 0.5) is 0 Å². The Hall–Kier alpha value is -0.790. The van der Waals surface area contributed by atoms with Crippen LogP contribution >= 0.6 is 23.2 Å². The van der Waals surface area contributed by atoms with Gasteiger partial charge in [0.2, 0.25) is 0 Å². The lowest BCUT2D eigenvalue weighted by Gasteiger charge is -2.04. The van der Waals surface area contributed by atoms with Gasteiger partial charge in [0.1, 0.15) is 0 Å². The van der Waals surface area contributed by atoms with Gasteiger partial charge in [0, 0.05) is 16.6 Å². The fraction of sp³-hybridized carbons (Fsp3) is 0.0909. The Morgan fingerprint density at radius 2 is 2.07 bits per heavy atom. The highest BCUT2D eigenvalue weighted by atomic mass is 35.5. The first kappa shape index (κ1) is 9.75. The van der Waals surface area contributed by atoms with Crippen molar-refractivity contribution in [3.63, 3.8) is 0 Å². The lowest BCUT2D eigenvalue weighted by molar-refractivity contribution is 1.22. The fourth-order valence-corrected chi connectivity index (χ4v) is 1.81. The van der Waals surface area contributed by atoms with Crippen LogP contribution in [0.2, 0.25) is 10.0 Å². The number of pyridine rings is 1. The van der Waals surface area contributed by atoms with Crippen LogP contribution in [-0.2, 0) is 6.42 Å². The molecule has 0 unspecified atom stereocenters. The van der Waals surface area contributed by atoms with Crippen molar-refractivity contribution in [2.24, 2.45) is 0 Å². The quantitative estimate of drug-likeness (QED) is 0.716. The Labute approximate surface area is 92.7 Å². The molecule has 0 aliphatic heterocycles. The molecule has 0 amide bonds. The molecule has 0 saturated carbocycles. The predicted molar refractivity (Wildman–Crippen MR) is 60.8 cm³/mol. The molecule has 0 saturated heterocycles. The van der Waals surface area contributed by atoms with Crippen molar-refractivity contribution in [1.29, 1.82) is 0 Å². The van der Waals surface area contributed by atoms with Gasteiger partial charge in [0.15, 0.2) is 0 Å². The third-order valence-corrected chi connectivity index (χ3v) is 2.79. The van der Waals surface area contributed by atoms with Crippen molar-refractivity contribution in [3.05, 3.63) is 46.9 Å². The molecule has 0 atom stereocenters. The number of nitrogens with zero attached hydrogens (tertiary/aromatic N) is 1. The van der Waals surface area contributed by atoms with E-state index in [0.717, 1.165) is 16.5 Å². The number of rotatable bonds is 1. The average molecular weight is 225 g/mol. The lowest BCUT2D eigenvalue weighted by Crippen LogP contribution is -1.87. The van der Waals surface area contributed by atoms with E-state index in [-0.39, 0.29) is 0 Å². The van der Waals surface area contributed by atoms with Crippen molar-refractivity contribution >= 4 is 34.1 Å². The third-order valence-electron chi connectivity index (χ3n) is 2.11. The Kier molecular flexibility index (Phi) is 2.62. The van der Waals surface area contributed by atoms with E-state index in [0.29, 0.717) is 16.5 Å². The minimum absolute atomic E-state index is 0.633. The van der Waals surface area contributed by atoms with Crippen LogP contribution in [0.1, 0.15) is 5.56 Å². The van der Waals surface area contributed by atoms with E-state index in [9.17, 15) is 0 Å². The van der Waals surface area contributed by atoms with Crippen LogP contribution in [0.25, 0.3) is 10.9 Å². The molecule has 2 aromatic rings. The van der Waals surface area contributed by atoms with E-state index in [1.807, 2.05) is 12.1 Å². The molecule has 0 aliphatic rings. The van der Waals surface area contributed by atoms with Gasteiger partial charge < -0.3 is 0 Å². The van der Waals surface area contributed by atoms with Crippen LogP contribution in [0.15, 0.2) is 24.4 Å². The number of fused-ring (bicyclic) bond motifs is 1. The topological polar surface area (TPSA) is 12.9 Å². The molecule has 0 bridgehead atoms. The van der Waals surface area contributed by atoms with Gasteiger partial charge in [-0.1, -0.05) is 23.2 Å². The molecule has 1 heterocycles.